The lowest BCUT2D eigenvalue weighted by molar-refractivity contribution is -0.921. The van der Waals surface area contributed by atoms with Gasteiger partial charge in [0.25, 0.3) is 0 Å². The van der Waals surface area contributed by atoms with Crippen molar-refractivity contribution in [2.75, 3.05) is 27.2 Å². The smallest absolute Gasteiger partial charge is 0.365 e. The summed E-state index contributed by atoms with van der Waals surface area (Å²) in [6.45, 7) is 5.68. The number of carbonyl (C=O) groups is 1. The number of carbonyl (C=O) groups excluding carboxylic acids is 1. The Hall–Kier alpha value is -1.75. The van der Waals surface area contributed by atoms with E-state index in [9.17, 15) is 15.0 Å². The molecule has 1 aromatic carbocycles. The number of methoxy groups -OCH3 is 1. The minimum absolute atomic E-state index is 0.161. The van der Waals surface area contributed by atoms with Crippen molar-refractivity contribution in [2.45, 2.75) is 26.3 Å². The molecule has 0 heterocycles. The van der Waals surface area contributed by atoms with Crippen molar-refractivity contribution in [3.63, 3.8) is 0 Å². The molecule has 0 saturated carbocycles. The van der Waals surface area contributed by atoms with E-state index >= 15 is 0 Å². The molecule has 0 radical (unpaired) electrons. The topological polar surface area (TPSA) is 66.8 Å². The van der Waals surface area contributed by atoms with E-state index in [-0.39, 0.29) is 23.5 Å². The number of hydrogen-bond donors (Lipinski definition) is 2. The first-order valence-corrected chi connectivity index (χ1v) is 6.80. The van der Waals surface area contributed by atoms with Gasteiger partial charge in [0.1, 0.15) is 0 Å². The number of hydrogen-bond acceptors (Lipinski definition) is 4. The Bertz CT molecular complexity index is 469. The summed E-state index contributed by atoms with van der Waals surface area (Å²) in [7, 11) is 3.40. The van der Waals surface area contributed by atoms with Gasteiger partial charge in [0.15, 0.2) is 17.5 Å². The molecule has 0 aliphatic heterocycles. The van der Waals surface area contributed by atoms with Gasteiger partial charge < -0.3 is 19.4 Å². The van der Waals surface area contributed by atoms with Gasteiger partial charge in [0.05, 0.1) is 27.2 Å². The van der Waals surface area contributed by atoms with Crippen LogP contribution in [0.5, 0.6) is 11.5 Å². The maximum atomic E-state index is 12.1. The quantitative estimate of drug-likeness (QED) is 0.473. The second-order valence-corrected chi connectivity index (χ2v) is 5.18. The molecule has 1 rings (SSSR count). The number of phenols is 2. The molecular formula is C15H24NO4+. The highest BCUT2D eigenvalue weighted by molar-refractivity contribution is 5.75. The molecule has 0 unspecified atom stereocenters. The van der Waals surface area contributed by atoms with E-state index < -0.39 is 0 Å². The standard InChI is InChI=1S/C15H23NO4/c1-5-16(3,6-2)12(15(19)20-4)9-11-7-8-13(17)14(18)10-11/h7-8,10,12H,5-6,9H2,1-4H3,(H-,17,18)/p+1/t12-/m0/s1. The largest absolute Gasteiger partial charge is 0.504 e. The summed E-state index contributed by atoms with van der Waals surface area (Å²) >= 11 is 0. The minimum Gasteiger partial charge on any atom is -0.504 e. The summed E-state index contributed by atoms with van der Waals surface area (Å²) in [6, 6.07) is 4.29. The Balaban J connectivity index is 3.06. The fraction of sp³-hybridized carbons (Fsp3) is 0.533. The van der Waals surface area contributed by atoms with E-state index in [1.165, 1.54) is 19.2 Å². The van der Waals surface area contributed by atoms with E-state index in [1.54, 1.807) is 6.07 Å². The number of benzene rings is 1. The molecule has 112 valence electrons. The van der Waals surface area contributed by atoms with Gasteiger partial charge in [-0.2, -0.15) is 0 Å². The molecular weight excluding hydrogens is 258 g/mol. The zero-order chi connectivity index (χ0) is 15.3. The second kappa shape index (κ2) is 6.61. The van der Waals surface area contributed by atoms with E-state index in [4.69, 9.17) is 4.74 Å². The van der Waals surface area contributed by atoms with Crippen LogP contribution in [-0.4, -0.2) is 54.0 Å². The molecule has 20 heavy (non-hydrogen) atoms. The highest BCUT2D eigenvalue weighted by atomic mass is 16.5. The van der Waals surface area contributed by atoms with Gasteiger partial charge in [-0.1, -0.05) is 6.07 Å². The summed E-state index contributed by atoms with van der Waals surface area (Å²) in [4.78, 5) is 12.1. The first-order chi connectivity index (χ1) is 9.37. The molecule has 1 aromatic rings. The lowest BCUT2D eigenvalue weighted by Gasteiger charge is -2.38. The number of quaternary nitrogens is 1. The number of rotatable bonds is 6. The molecule has 0 fully saturated rings. The van der Waals surface area contributed by atoms with Crippen molar-refractivity contribution in [3.8, 4) is 11.5 Å². The van der Waals surface area contributed by atoms with Gasteiger partial charge >= 0.3 is 5.97 Å². The Kier molecular flexibility index (Phi) is 5.39. The Morgan fingerprint density at radius 1 is 1.25 bits per heavy atom. The van der Waals surface area contributed by atoms with E-state index in [0.29, 0.717) is 10.9 Å². The molecule has 5 heteroatoms. The van der Waals surface area contributed by atoms with Crippen molar-refractivity contribution < 1.29 is 24.2 Å². The summed E-state index contributed by atoms with van der Waals surface area (Å²) in [6.07, 6.45) is 0.457. The molecule has 0 spiro atoms. The number of nitrogens with zero attached hydrogens (tertiary/aromatic N) is 1. The number of esters is 1. The maximum Gasteiger partial charge on any atom is 0.365 e. The SMILES string of the molecule is CC[N+](C)(CC)[C@@H](Cc1ccc(O)c(O)c1)C(=O)OC. The fourth-order valence-corrected chi connectivity index (χ4v) is 2.28. The van der Waals surface area contributed by atoms with Gasteiger partial charge in [-0.3, -0.25) is 0 Å². The third-order valence-corrected chi connectivity index (χ3v) is 4.14. The van der Waals surface area contributed by atoms with Crippen LogP contribution < -0.4 is 0 Å². The molecule has 0 aliphatic rings. The Morgan fingerprint density at radius 3 is 2.30 bits per heavy atom. The predicted molar refractivity (Wildman–Crippen MR) is 76.5 cm³/mol. The van der Waals surface area contributed by atoms with Gasteiger partial charge in [0, 0.05) is 6.42 Å². The van der Waals surface area contributed by atoms with Crippen molar-refractivity contribution >= 4 is 5.97 Å². The molecule has 1 atom stereocenters. The lowest BCUT2D eigenvalue weighted by Crippen LogP contribution is -2.57. The molecule has 0 aliphatic carbocycles. The first-order valence-electron chi connectivity index (χ1n) is 6.80. The summed E-state index contributed by atoms with van der Waals surface area (Å²) in [5, 5.41) is 18.9. The van der Waals surface area contributed by atoms with Crippen LogP contribution >= 0.6 is 0 Å². The van der Waals surface area contributed by atoms with E-state index in [1.807, 2.05) is 20.9 Å². The first kappa shape index (κ1) is 16.3. The van der Waals surface area contributed by atoms with Crippen molar-refractivity contribution in [1.29, 1.82) is 0 Å². The lowest BCUT2D eigenvalue weighted by atomic mass is 10.0. The average molecular weight is 282 g/mol. The number of likely N-dealkylation sites (N-methyl/N-ethyl adjacent to an activating group) is 1. The molecule has 0 amide bonds. The number of ether oxygens (including phenoxy) is 1. The normalized spacial score (nSPS) is 13.0. The van der Waals surface area contributed by atoms with Crippen molar-refractivity contribution in [3.05, 3.63) is 23.8 Å². The van der Waals surface area contributed by atoms with Crippen LogP contribution in [0.4, 0.5) is 0 Å². The van der Waals surface area contributed by atoms with Gasteiger partial charge in [-0.25, -0.2) is 4.79 Å². The molecule has 5 nitrogen and oxygen atoms in total. The van der Waals surface area contributed by atoms with Crippen LogP contribution in [0.25, 0.3) is 0 Å². The van der Waals surface area contributed by atoms with Gasteiger partial charge in [0.2, 0.25) is 0 Å². The second-order valence-electron chi connectivity index (χ2n) is 5.18. The van der Waals surface area contributed by atoms with Crippen LogP contribution in [0.2, 0.25) is 0 Å². The molecule has 0 saturated heterocycles. The maximum absolute atomic E-state index is 12.1. The summed E-state index contributed by atoms with van der Waals surface area (Å²) < 4.78 is 5.49. The number of phenolic OH excluding ortho intramolecular Hbond substituents is 2. The molecule has 0 aromatic heterocycles. The highest BCUT2D eigenvalue weighted by Crippen LogP contribution is 2.27. The number of aromatic hydroxyl groups is 2. The average Bonchev–Trinajstić information content (AvgIpc) is 2.46. The zero-order valence-electron chi connectivity index (χ0n) is 12.6. The fourth-order valence-electron chi connectivity index (χ4n) is 2.28. The zero-order valence-corrected chi connectivity index (χ0v) is 12.6. The van der Waals surface area contributed by atoms with Crippen molar-refractivity contribution in [2.24, 2.45) is 0 Å². The highest BCUT2D eigenvalue weighted by Gasteiger charge is 2.37. The van der Waals surface area contributed by atoms with Gasteiger partial charge in [-0.05, 0) is 31.5 Å². The minimum atomic E-state index is -0.334. The third kappa shape index (κ3) is 3.42. The van der Waals surface area contributed by atoms with Crippen LogP contribution in [0.15, 0.2) is 18.2 Å². The third-order valence-electron chi connectivity index (χ3n) is 4.14. The monoisotopic (exact) mass is 282 g/mol. The van der Waals surface area contributed by atoms with Crippen LogP contribution in [-0.2, 0) is 16.0 Å². The van der Waals surface area contributed by atoms with Gasteiger partial charge in [-0.15, -0.1) is 0 Å². The molecule has 0 bridgehead atoms. The summed E-state index contributed by atoms with van der Waals surface area (Å²) in [5.41, 5.74) is 0.793. The Morgan fingerprint density at radius 2 is 1.85 bits per heavy atom. The van der Waals surface area contributed by atoms with E-state index in [0.717, 1.165) is 18.7 Å². The Labute approximate surface area is 120 Å². The van der Waals surface area contributed by atoms with Crippen LogP contribution in [0, 0.1) is 0 Å². The van der Waals surface area contributed by atoms with E-state index in [2.05, 4.69) is 0 Å². The summed E-state index contributed by atoms with van der Waals surface area (Å²) in [5.74, 6) is -0.594. The van der Waals surface area contributed by atoms with Crippen LogP contribution in [0.1, 0.15) is 19.4 Å². The molecule has 2 N–H and O–H groups in total. The predicted octanol–water partition coefficient (Wildman–Crippen LogP) is 1.67. The van der Waals surface area contributed by atoms with Crippen LogP contribution in [0.3, 0.4) is 0 Å². The van der Waals surface area contributed by atoms with Crippen molar-refractivity contribution in [1.82, 2.24) is 0 Å².